The van der Waals surface area contributed by atoms with E-state index in [4.69, 9.17) is 5.11 Å². The lowest BCUT2D eigenvalue weighted by atomic mass is 10.0. The van der Waals surface area contributed by atoms with Crippen molar-refractivity contribution in [1.82, 2.24) is 4.90 Å². The van der Waals surface area contributed by atoms with Gasteiger partial charge in [0.2, 0.25) is 5.91 Å². The van der Waals surface area contributed by atoms with Crippen LogP contribution in [0.2, 0.25) is 0 Å². The van der Waals surface area contributed by atoms with Crippen molar-refractivity contribution in [1.29, 1.82) is 0 Å². The third kappa shape index (κ3) is 4.21. The molecule has 0 atom stereocenters. The Bertz CT molecular complexity index is 553. The number of carbonyl (C=O) groups excluding carboxylic acids is 1. The van der Waals surface area contributed by atoms with Gasteiger partial charge >= 0.3 is 12.1 Å². The summed E-state index contributed by atoms with van der Waals surface area (Å²) >= 11 is 0. The molecule has 0 radical (unpaired) electrons. The maximum atomic E-state index is 12.5. The summed E-state index contributed by atoms with van der Waals surface area (Å²) in [4.78, 5) is 23.9. The van der Waals surface area contributed by atoms with E-state index in [0.717, 1.165) is 4.90 Å². The van der Waals surface area contributed by atoms with Crippen molar-refractivity contribution in [2.75, 3.05) is 6.54 Å². The minimum atomic E-state index is -4.45. The van der Waals surface area contributed by atoms with Crippen molar-refractivity contribution in [2.45, 2.75) is 31.5 Å². The molecule has 1 aromatic rings. The molecular weight excluding hydrogens is 287 g/mol. The second-order valence-electron chi connectivity index (χ2n) is 5.01. The Balaban J connectivity index is 2.14. The van der Waals surface area contributed by atoms with Gasteiger partial charge in [0.1, 0.15) is 6.54 Å². The lowest BCUT2D eigenvalue weighted by molar-refractivity contribution is -0.162. The Morgan fingerprint density at radius 1 is 1.24 bits per heavy atom. The fourth-order valence-electron chi connectivity index (χ4n) is 2.15. The Morgan fingerprint density at radius 2 is 1.86 bits per heavy atom. The zero-order valence-electron chi connectivity index (χ0n) is 11.1. The predicted octanol–water partition coefficient (Wildman–Crippen LogP) is 2.48. The summed E-state index contributed by atoms with van der Waals surface area (Å²) in [6.45, 7) is -1.29. The molecular formula is C14H14F3NO3. The molecule has 1 aliphatic rings. The number of nitrogens with zero attached hydrogens (tertiary/aromatic N) is 1. The highest BCUT2D eigenvalue weighted by Crippen LogP contribution is 2.30. The topological polar surface area (TPSA) is 57.6 Å². The molecule has 1 amide bonds. The van der Waals surface area contributed by atoms with E-state index in [9.17, 15) is 22.8 Å². The molecule has 0 spiro atoms. The SMILES string of the molecule is O=C(O)c1ccccc1CC(=O)N(CC(F)(F)F)C1CC1. The van der Waals surface area contributed by atoms with Gasteiger partial charge in [-0.1, -0.05) is 18.2 Å². The number of hydrogen-bond donors (Lipinski definition) is 1. The molecule has 114 valence electrons. The molecule has 1 aromatic carbocycles. The van der Waals surface area contributed by atoms with E-state index in [1.165, 1.54) is 18.2 Å². The van der Waals surface area contributed by atoms with Gasteiger partial charge in [-0.05, 0) is 24.5 Å². The van der Waals surface area contributed by atoms with Crippen LogP contribution in [0.15, 0.2) is 24.3 Å². The molecule has 0 bridgehead atoms. The summed E-state index contributed by atoms with van der Waals surface area (Å²) in [5.41, 5.74) is 0.163. The average molecular weight is 301 g/mol. The minimum Gasteiger partial charge on any atom is -0.478 e. The van der Waals surface area contributed by atoms with Gasteiger partial charge in [0.25, 0.3) is 0 Å². The smallest absolute Gasteiger partial charge is 0.406 e. The lowest BCUT2D eigenvalue weighted by Gasteiger charge is -2.24. The number of halogens is 3. The molecule has 1 saturated carbocycles. The summed E-state index contributed by atoms with van der Waals surface area (Å²) in [6.07, 6.45) is -3.68. The Labute approximate surface area is 119 Å². The van der Waals surface area contributed by atoms with Crippen LogP contribution in [0.4, 0.5) is 13.2 Å². The highest BCUT2D eigenvalue weighted by Gasteiger charge is 2.40. The van der Waals surface area contributed by atoms with Crippen LogP contribution in [0.1, 0.15) is 28.8 Å². The second kappa shape index (κ2) is 5.75. The number of carbonyl (C=O) groups is 2. The van der Waals surface area contributed by atoms with Crippen LogP contribution in [0.5, 0.6) is 0 Å². The summed E-state index contributed by atoms with van der Waals surface area (Å²) in [6, 6.07) is 5.46. The quantitative estimate of drug-likeness (QED) is 0.909. The molecule has 21 heavy (non-hydrogen) atoms. The van der Waals surface area contributed by atoms with E-state index < -0.39 is 24.6 Å². The first-order valence-corrected chi connectivity index (χ1v) is 6.45. The third-order valence-corrected chi connectivity index (χ3v) is 3.25. The largest absolute Gasteiger partial charge is 0.478 e. The summed E-state index contributed by atoms with van der Waals surface area (Å²) in [5, 5.41) is 9.02. The number of hydrogen-bond acceptors (Lipinski definition) is 2. The van der Waals surface area contributed by atoms with Crippen LogP contribution in [0.25, 0.3) is 0 Å². The van der Waals surface area contributed by atoms with Crippen LogP contribution in [0.3, 0.4) is 0 Å². The third-order valence-electron chi connectivity index (χ3n) is 3.25. The molecule has 4 nitrogen and oxygen atoms in total. The molecule has 7 heteroatoms. The normalized spacial score (nSPS) is 14.8. The maximum absolute atomic E-state index is 12.5. The summed E-state index contributed by atoms with van der Waals surface area (Å²) in [7, 11) is 0. The van der Waals surface area contributed by atoms with Crippen LogP contribution in [-0.4, -0.2) is 40.6 Å². The molecule has 1 N–H and O–H groups in total. The van der Waals surface area contributed by atoms with Crippen molar-refractivity contribution in [3.05, 3.63) is 35.4 Å². The Kier molecular flexibility index (Phi) is 4.20. The monoisotopic (exact) mass is 301 g/mol. The van der Waals surface area contributed by atoms with Crippen LogP contribution in [-0.2, 0) is 11.2 Å². The maximum Gasteiger partial charge on any atom is 0.406 e. The molecule has 0 saturated heterocycles. The van der Waals surface area contributed by atoms with Gasteiger partial charge in [-0.25, -0.2) is 4.79 Å². The number of benzene rings is 1. The van der Waals surface area contributed by atoms with E-state index in [0.29, 0.717) is 12.8 Å². The van der Waals surface area contributed by atoms with E-state index in [2.05, 4.69) is 0 Å². The fraction of sp³-hybridized carbons (Fsp3) is 0.429. The van der Waals surface area contributed by atoms with Crippen molar-refractivity contribution >= 4 is 11.9 Å². The highest BCUT2D eigenvalue weighted by molar-refractivity contribution is 5.91. The number of aromatic carboxylic acids is 1. The number of carboxylic acids is 1. The predicted molar refractivity (Wildman–Crippen MR) is 67.9 cm³/mol. The number of amides is 1. The molecule has 0 unspecified atom stereocenters. The van der Waals surface area contributed by atoms with Crippen molar-refractivity contribution in [3.63, 3.8) is 0 Å². The minimum absolute atomic E-state index is 0.0615. The van der Waals surface area contributed by atoms with Gasteiger partial charge in [-0.2, -0.15) is 13.2 Å². The van der Waals surface area contributed by atoms with E-state index in [-0.39, 0.29) is 23.6 Å². The second-order valence-corrected chi connectivity index (χ2v) is 5.01. The van der Waals surface area contributed by atoms with Crippen molar-refractivity contribution in [3.8, 4) is 0 Å². The first-order chi connectivity index (χ1) is 9.78. The molecule has 0 aliphatic heterocycles. The van der Waals surface area contributed by atoms with Crippen LogP contribution < -0.4 is 0 Å². The van der Waals surface area contributed by atoms with Crippen molar-refractivity contribution < 1.29 is 27.9 Å². The zero-order valence-corrected chi connectivity index (χ0v) is 11.1. The van der Waals surface area contributed by atoms with Gasteiger partial charge in [0, 0.05) is 6.04 Å². The summed E-state index contributed by atoms with van der Waals surface area (Å²) < 4.78 is 37.5. The average Bonchev–Trinajstić information content (AvgIpc) is 3.19. The Hall–Kier alpha value is -2.05. The van der Waals surface area contributed by atoms with E-state index >= 15 is 0 Å². The molecule has 1 aliphatic carbocycles. The first kappa shape index (κ1) is 15.3. The molecule has 0 aromatic heterocycles. The number of rotatable bonds is 5. The number of carboxylic acid groups (broad SMARTS) is 1. The molecule has 1 fully saturated rings. The summed E-state index contributed by atoms with van der Waals surface area (Å²) in [5.74, 6) is -1.89. The Morgan fingerprint density at radius 3 is 2.38 bits per heavy atom. The number of alkyl halides is 3. The van der Waals surface area contributed by atoms with Gasteiger partial charge in [0.05, 0.1) is 12.0 Å². The lowest BCUT2D eigenvalue weighted by Crippen LogP contribution is -2.41. The molecule has 2 rings (SSSR count). The van der Waals surface area contributed by atoms with Crippen molar-refractivity contribution in [2.24, 2.45) is 0 Å². The standard InChI is InChI=1S/C14H14F3NO3/c15-14(16,17)8-18(10-5-6-10)12(19)7-9-3-1-2-4-11(9)13(20)21/h1-4,10H,5-8H2,(H,20,21). The highest BCUT2D eigenvalue weighted by atomic mass is 19.4. The van der Waals surface area contributed by atoms with Crippen LogP contribution >= 0.6 is 0 Å². The van der Waals surface area contributed by atoms with Gasteiger partial charge in [0.15, 0.2) is 0 Å². The van der Waals surface area contributed by atoms with Crippen LogP contribution in [0, 0.1) is 0 Å². The van der Waals surface area contributed by atoms with Gasteiger partial charge < -0.3 is 10.0 Å². The van der Waals surface area contributed by atoms with Gasteiger partial charge in [-0.15, -0.1) is 0 Å². The fourth-order valence-corrected chi connectivity index (χ4v) is 2.15. The molecule has 0 heterocycles. The first-order valence-electron chi connectivity index (χ1n) is 6.45. The van der Waals surface area contributed by atoms with Gasteiger partial charge in [-0.3, -0.25) is 4.79 Å². The zero-order chi connectivity index (χ0) is 15.6. The van der Waals surface area contributed by atoms with E-state index in [1.807, 2.05) is 0 Å². The van der Waals surface area contributed by atoms with E-state index in [1.54, 1.807) is 6.07 Å².